The molecule has 0 heterocycles. The quantitative estimate of drug-likeness (QED) is 0.385. The van der Waals surface area contributed by atoms with E-state index < -0.39 is 0 Å². The predicted octanol–water partition coefficient (Wildman–Crippen LogP) is 2.62. The van der Waals surface area contributed by atoms with Gasteiger partial charge >= 0.3 is 0 Å². The first-order valence-corrected chi connectivity index (χ1v) is 8.74. The van der Waals surface area contributed by atoms with Gasteiger partial charge in [-0.05, 0) is 51.3 Å². The highest BCUT2D eigenvalue weighted by molar-refractivity contribution is 5.79. The average Bonchev–Trinajstić information content (AvgIpc) is 2.62. The van der Waals surface area contributed by atoms with Crippen molar-refractivity contribution < 1.29 is 14.2 Å². The van der Waals surface area contributed by atoms with Crippen molar-refractivity contribution in [3.8, 4) is 11.5 Å². The highest BCUT2D eigenvalue weighted by Crippen LogP contribution is 2.27. The molecule has 0 saturated heterocycles. The van der Waals surface area contributed by atoms with Crippen LogP contribution < -0.4 is 20.1 Å². The lowest BCUT2D eigenvalue weighted by Gasteiger charge is -2.21. The molecule has 0 atom stereocenters. The molecule has 6 heteroatoms. The predicted molar refractivity (Wildman–Crippen MR) is 103 cm³/mol. The zero-order valence-corrected chi connectivity index (χ0v) is 16.4. The maximum Gasteiger partial charge on any atom is 0.191 e. The van der Waals surface area contributed by atoms with E-state index in [1.54, 1.807) is 21.3 Å². The molecule has 0 aliphatic carbocycles. The van der Waals surface area contributed by atoms with Crippen LogP contribution in [0, 0.1) is 0 Å². The molecule has 0 radical (unpaired) electrons. The summed E-state index contributed by atoms with van der Waals surface area (Å²) in [6, 6.07) is 6.04. The van der Waals surface area contributed by atoms with Crippen molar-refractivity contribution in [3.63, 3.8) is 0 Å². The van der Waals surface area contributed by atoms with Crippen LogP contribution in [-0.4, -0.2) is 52.5 Å². The molecule has 0 spiro atoms. The van der Waals surface area contributed by atoms with Crippen molar-refractivity contribution in [2.45, 2.75) is 39.2 Å². The van der Waals surface area contributed by atoms with Crippen molar-refractivity contribution in [2.75, 3.05) is 41.0 Å². The Bertz CT molecular complexity index is 545. The van der Waals surface area contributed by atoms with Gasteiger partial charge in [-0.15, -0.1) is 0 Å². The number of aliphatic imine (C=N–C) groups is 1. The molecule has 0 aromatic heterocycles. The van der Waals surface area contributed by atoms with E-state index in [2.05, 4.69) is 28.6 Å². The molecule has 1 aromatic rings. The molecule has 0 amide bonds. The minimum absolute atomic E-state index is 0.262. The van der Waals surface area contributed by atoms with E-state index in [1.165, 1.54) is 5.56 Å². The number of nitrogens with zero attached hydrogens (tertiary/aromatic N) is 1. The molecule has 0 saturated carbocycles. The summed E-state index contributed by atoms with van der Waals surface area (Å²) in [6.45, 7) is 8.38. The van der Waals surface area contributed by atoms with E-state index in [0.717, 1.165) is 43.4 Å². The maximum absolute atomic E-state index is 5.41. The zero-order chi connectivity index (χ0) is 18.7. The fraction of sp³-hybridized carbons (Fsp3) is 0.632. The summed E-state index contributed by atoms with van der Waals surface area (Å²) in [5, 5.41) is 6.62. The number of guanidine groups is 1. The lowest BCUT2D eigenvalue weighted by molar-refractivity contribution is 0.0310. The number of rotatable bonds is 10. The van der Waals surface area contributed by atoms with Crippen molar-refractivity contribution in [1.29, 1.82) is 0 Å². The molecule has 0 unspecified atom stereocenters. The lowest BCUT2D eigenvalue weighted by Crippen LogP contribution is -2.39. The normalized spacial score (nSPS) is 12.0. The number of nitrogens with one attached hydrogen (secondary N) is 2. The van der Waals surface area contributed by atoms with Crippen LogP contribution in [0.15, 0.2) is 23.2 Å². The minimum atomic E-state index is -0.262. The molecule has 1 aromatic carbocycles. The van der Waals surface area contributed by atoms with E-state index in [0.29, 0.717) is 6.54 Å². The summed E-state index contributed by atoms with van der Waals surface area (Å²) in [5.41, 5.74) is 0.962. The van der Waals surface area contributed by atoms with Gasteiger partial charge in [0.25, 0.3) is 0 Å². The van der Waals surface area contributed by atoms with Crippen LogP contribution >= 0.6 is 0 Å². The van der Waals surface area contributed by atoms with Crippen LogP contribution in [0.1, 0.15) is 32.8 Å². The van der Waals surface area contributed by atoms with Gasteiger partial charge in [-0.25, -0.2) is 0 Å². The van der Waals surface area contributed by atoms with E-state index in [9.17, 15) is 0 Å². The van der Waals surface area contributed by atoms with Gasteiger partial charge < -0.3 is 24.8 Å². The first-order chi connectivity index (χ1) is 12.0. The second kappa shape index (κ2) is 10.8. The SMILES string of the molecule is CCNC(=NCC(C)(C)OC)NCCCc1ccc(OC)c(OC)c1. The van der Waals surface area contributed by atoms with Crippen molar-refractivity contribution in [1.82, 2.24) is 10.6 Å². The molecule has 0 aliphatic heterocycles. The van der Waals surface area contributed by atoms with E-state index >= 15 is 0 Å². The Balaban J connectivity index is 2.50. The summed E-state index contributed by atoms with van der Waals surface area (Å²) >= 11 is 0. The van der Waals surface area contributed by atoms with Gasteiger partial charge in [0.1, 0.15) is 0 Å². The van der Waals surface area contributed by atoms with Gasteiger partial charge in [-0.3, -0.25) is 4.99 Å². The summed E-state index contributed by atoms with van der Waals surface area (Å²) < 4.78 is 16.0. The van der Waals surface area contributed by atoms with Gasteiger partial charge in [-0.2, -0.15) is 0 Å². The standard InChI is InChI=1S/C19H33N3O3/c1-7-20-18(22-14-19(2,3)25-6)21-12-8-9-15-10-11-16(23-4)17(13-15)24-5/h10-11,13H,7-9,12,14H2,1-6H3,(H2,20,21,22). The first-order valence-electron chi connectivity index (χ1n) is 8.74. The molecule has 0 fully saturated rings. The van der Waals surface area contributed by atoms with Gasteiger partial charge in [0.2, 0.25) is 0 Å². The fourth-order valence-electron chi connectivity index (χ4n) is 2.21. The van der Waals surface area contributed by atoms with Crippen LogP contribution in [0.4, 0.5) is 0 Å². The number of methoxy groups -OCH3 is 3. The zero-order valence-electron chi connectivity index (χ0n) is 16.4. The summed E-state index contributed by atoms with van der Waals surface area (Å²) in [6.07, 6.45) is 1.95. The molecular weight excluding hydrogens is 318 g/mol. The van der Waals surface area contributed by atoms with Crippen LogP contribution in [0.25, 0.3) is 0 Å². The Labute approximate surface area is 152 Å². The van der Waals surface area contributed by atoms with Crippen LogP contribution in [0.3, 0.4) is 0 Å². The highest BCUT2D eigenvalue weighted by atomic mass is 16.5. The van der Waals surface area contributed by atoms with Crippen molar-refractivity contribution >= 4 is 5.96 Å². The largest absolute Gasteiger partial charge is 0.493 e. The van der Waals surface area contributed by atoms with Gasteiger partial charge in [0, 0.05) is 20.2 Å². The molecule has 142 valence electrons. The van der Waals surface area contributed by atoms with Crippen LogP contribution in [0.2, 0.25) is 0 Å². The molecule has 2 N–H and O–H groups in total. The lowest BCUT2D eigenvalue weighted by atomic mass is 10.1. The van der Waals surface area contributed by atoms with E-state index in [-0.39, 0.29) is 5.60 Å². The Kier molecular flexibility index (Phi) is 9.13. The number of hydrogen-bond donors (Lipinski definition) is 2. The topological polar surface area (TPSA) is 64.1 Å². The number of hydrogen-bond acceptors (Lipinski definition) is 4. The Hall–Kier alpha value is -1.95. The second-order valence-electron chi connectivity index (χ2n) is 6.38. The first kappa shape index (κ1) is 21.1. The molecule has 6 nitrogen and oxygen atoms in total. The number of benzene rings is 1. The molecular formula is C19H33N3O3. The smallest absolute Gasteiger partial charge is 0.191 e. The molecule has 1 rings (SSSR count). The third kappa shape index (κ3) is 7.65. The average molecular weight is 351 g/mol. The number of aryl methyl sites for hydroxylation is 1. The van der Waals surface area contributed by atoms with Crippen LogP contribution in [0.5, 0.6) is 11.5 Å². The van der Waals surface area contributed by atoms with Crippen molar-refractivity contribution in [2.24, 2.45) is 4.99 Å². The summed E-state index contributed by atoms with van der Waals surface area (Å²) in [7, 11) is 5.01. The summed E-state index contributed by atoms with van der Waals surface area (Å²) in [4.78, 5) is 4.58. The second-order valence-corrected chi connectivity index (χ2v) is 6.38. The monoisotopic (exact) mass is 351 g/mol. The molecule has 0 aliphatic rings. The van der Waals surface area contributed by atoms with Crippen LogP contribution in [-0.2, 0) is 11.2 Å². The Morgan fingerprint density at radius 3 is 2.40 bits per heavy atom. The van der Waals surface area contributed by atoms with Gasteiger partial charge in [0.05, 0.1) is 26.4 Å². The maximum atomic E-state index is 5.41. The van der Waals surface area contributed by atoms with E-state index in [4.69, 9.17) is 14.2 Å². The number of ether oxygens (including phenoxy) is 3. The van der Waals surface area contributed by atoms with Gasteiger partial charge in [0.15, 0.2) is 17.5 Å². The third-order valence-electron chi connectivity index (χ3n) is 3.90. The Morgan fingerprint density at radius 2 is 1.80 bits per heavy atom. The third-order valence-corrected chi connectivity index (χ3v) is 3.90. The highest BCUT2D eigenvalue weighted by Gasteiger charge is 2.15. The fourth-order valence-corrected chi connectivity index (χ4v) is 2.21. The van der Waals surface area contributed by atoms with E-state index in [1.807, 2.05) is 26.0 Å². The summed E-state index contributed by atoms with van der Waals surface area (Å²) in [5.74, 6) is 2.34. The van der Waals surface area contributed by atoms with Gasteiger partial charge in [-0.1, -0.05) is 6.07 Å². The molecule has 0 bridgehead atoms. The van der Waals surface area contributed by atoms with Crippen molar-refractivity contribution in [3.05, 3.63) is 23.8 Å². The minimum Gasteiger partial charge on any atom is -0.493 e. The Morgan fingerprint density at radius 1 is 1.08 bits per heavy atom. The molecule has 25 heavy (non-hydrogen) atoms.